The van der Waals surface area contributed by atoms with Crippen LogP contribution in [0.25, 0.3) is 64.6 Å². The number of benzene rings is 6. The summed E-state index contributed by atoms with van der Waals surface area (Å²) in [4.78, 5) is 1.22. The Morgan fingerprint density at radius 1 is 0.521 bits per heavy atom. The summed E-state index contributed by atoms with van der Waals surface area (Å²) in [5.41, 5.74) is 10.7. The largest absolute Gasteiger partial charge is 0.283 e. The molecule has 0 aliphatic heterocycles. The predicted octanol–water partition coefficient (Wildman–Crippen LogP) is 11.2. The van der Waals surface area contributed by atoms with Gasteiger partial charge in [-0.1, -0.05) is 127 Å². The van der Waals surface area contributed by atoms with Gasteiger partial charge in [0.25, 0.3) is 0 Å². The van der Waals surface area contributed by atoms with Gasteiger partial charge in [-0.2, -0.15) is 0 Å². The number of hydrogen-bond donors (Lipinski definition) is 0. The zero-order valence-electron chi connectivity index (χ0n) is 25.8. The lowest BCUT2D eigenvalue weighted by Crippen LogP contribution is -2.28. The van der Waals surface area contributed by atoms with Crippen molar-refractivity contribution < 1.29 is 0 Å². The monoisotopic (exact) mass is 629 g/mol. The first-order chi connectivity index (χ1) is 23.8. The Morgan fingerprint density at radius 2 is 1.23 bits per heavy atom. The molecule has 0 bridgehead atoms. The third kappa shape index (κ3) is 3.30. The highest BCUT2D eigenvalue weighted by Gasteiger charge is 2.46. The van der Waals surface area contributed by atoms with Gasteiger partial charge in [-0.25, -0.2) is 4.52 Å². The van der Waals surface area contributed by atoms with Crippen molar-refractivity contribution in [3.63, 3.8) is 0 Å². The number of fused-ring (bicyclic) bond motifs is 11. The first-order valence-corrected chi connectivity index (χ1v) is 17.2. The predicted molar refractivity (Wildman–Crippen MR) is 200 cm³/mol. The van der Waals surface area contributed by atoms with Crippen LogP contribution < -0.4 is 0 Å². The van der Waals surface area contributed by atoms with Crippen LogP contribution in [-0.4, -0.2) is 14.2 Å². The molecule has 4 heteroatoms. The van der Waals surface area contributed by atoms with Crippen LogP contribution in [0.15, 0.2) is 164 Å². The molecule has 6 aromatic carbocycles. The molecule has 11 rings (SSSR count). The normalized spacial score (nSPS) is 13.6. The Balaban J connectivity index is 1.31. The van der Waals surface area contributed by atoms with Crippen molar-refractivity contribution in [2.45, 2.75) is 5.41 Å². The number of thiophene rings is 1. The fraction of sp³-hybridized carbons (Fsp3) is 0.0227. The molecule has 1 aliphatic rings. The number of aromatic nitrogens is 3. The van der Waals surface area contributed by atoms with E-state index in [9.17, 15) is 0 Å². The first-order valence-electron chi connectivity index (χ1n) is 16.4. The number of hydrogen-bond acceptors (Lipinski definition) is 2. The van der Waals surface area contributed by atoms with Crippen LogP contribution in [-0.2, 0) is 5.41 Å². The summed E-state index contributed by atoms with van der Waals surface area (Å²) in [6, 6.07) is 60.0. The van der Waals surface area contributed by atoms with E-state index in [0.29, 0.717) is 0 Å². The number of rotatable bonds is 3. The lowest BCUT2D eigenvalue weighted by atomic mass is 9.67. The van der Waals surface area contributed by atoms with Crippen molar-refractivity contribution in [1.29, 1.82) is 0 Å². The second-order valence-electron chi connectivity index (χ2n) is 12.8. The van der Waals surface area contributed by atoms with Crippen molar-refractivity contribution in [3.05, 3.63) is 186 Å². The molecule has 0 saturated heterocycles. The van der Waals surface area contributed by atoms with Gasteiger partial charge in [0.2, 0.25) is 0 Å². The van der Waals surface area contributed by atoms with Gasteiger partial charge in [-0.05, 0) is 63.7 Å². The number of nitrogens with zero attached hydrogens (tertiary/aromatic N) is 3. The van der Waals surface area contributed by atoms with Gasteiger partial charge in [0.1, 0.15) is 4.83 Å². The quantitative estimate of drug-likeness (QED) is 0.191. The maximum absolute atomic E-state index is 5.30. The summed E-state index contributed by atoms with van der Waals surface area (Å²) in [6.07, 6.45) is 0. The fourth-order valence-corrected chi connectivity index (χ4v) is 9.69. The summed E-state index contributed by atoms with van der Waals surface area (Å²) >= 11 is 1.85. The lowest BCUT2D eigenvalue weighted by molar-refractivity contribution is 0.769. The third-order valence-corrected chi connectivity index (χ3v) is 11.6. The molecular weight excluding hydrogens is 603 g/mol. The van der Waals surface area contributed by atoms with Crippen LogP contribution in [0.4, 0.5) is 0 Å². The summed E-state index contributed by atoms with van der Waals surface area (Å²) in [6.45, 7) is 0. The molecule has 1 aliphatic carbocycles. The van der Waals surface area contributed by atoms with E-state index in [0.717, 1.165) is 16.9 Å². The highest BCUT2D eigenvalue weighted by Crippen LogP contribution is 2.58. The molecular formula is C44H27N3S. The van der Waals surface area contributed by atoms with Crippen LogP contribution in [0, 0.1) is 0 Å². The maximum atomic E-state index is 5.30. The van der Waals surface area contributed by atoms with Crippen LogP contribution in [0.3, 0.4) is 0 Å². The Morgan fingerprint density at radius 3 is 2.06 bits per heavy atom. The molecule has 0 spiro atoms. The topological polar surface area (TPSA) is 22.2 Å². The van der Waals surface area contributed by atoms with Gasteiger partial charge in [0.15, 0.2) is 5.82 Å². The van der Waals surface area contributed by atoms with E-state index < -0.39 is 5.41 Å². The van der Waals surface area contributed by atoms with E-state index in [1.807, 2.05) is 11.3 Å². The Kier molecular flexibility index (Phi) is 5.19. The van der Waals surface area contributed by atoms with Crippen LogP contribution in [0.2, 0.25) is 0 Å². The molecule has 0 atom stereocenters. The summed E-state index contributed by atoms with van der Waals surface area (Å²) < 4.78 is 5.78. The van der Waals surface area contributed by atoms with Gasteiger partial charge in [0, 0.05) is 32.3 Å². The highest BCUT2D eigenvalue weighted by molar-refractivity contribution is 7.25. The third-order valence-electron chi connectivity index (χ3n) is 10.4. The molecule has 224 valence electrons. The van der Waals surface area contributed by atoms with Gasteiger partial charge in [0.05, 0.1) is 22.0 Å². The Labute approximate surface area is 280 Å². The fourth-order valence-electron chi connectivity index (χ4n) is 8.45. The number of pyridine rings is 1. The van der Waals surface area contributed by atoms with Crippen LogP contribution in [0.5, 0.6) is 0 Å². The van der Waals surface area contributed by atoms with Crippen LogP contribution >= 0.6 is 11.3 Å². The van der Waals surface area contributed by atoms with Gasteiger partial charge >= 0.3 is 0 Å². The zero-order valence-corrected chi connectivity index (χ0v) is 26.7. The highest BCUT2D eigenvalue weighted by atomic mass is 32.1. The molecule has 4 heterocycles. The minimum Gasteiger partial charge on any atom is -0.283 e. The Hall–Kier alpha value is -5.97. The van der Waals surface area contributed by atoms with Crippen molar-refractivity contribution in [2.75, 3.05) is 0 Å². The van der Waals surface area contributed by atoms with Gasteiger partial charge in [-0.3, -0.25) is 4.57 Å². The van der Waals surface area contributed by atoms with E-state index in [4.69, 9.17) is 5.10 Å². The second-order valence-corrected chi connectivity index (χ2v) is 13.8. The van der Waals surface area contributed by atoms with E-state index >= 15 is 0 Å². The molecule has 0 amide bonds. The molecule has 3 nitrogen and oxygen atoms in total. The zero-order chi connectivity index (χ0) is 31.4. The minimum absolute atomic E-state index is 0.453. The maximum Gasteiger partial charge on any atom is 0.161 e. The summed E-state index contributed by atoms with van der Waals surface area (Å²) in [7, 11) is 0. The molecule has 0 unspecified atom stereocenters. The molecule has 0 fully saturated rings. The molecule has 0 radical (unpaired) electrons. The molecule has 10 aromatic rings. The molecule has 0 saturated carbocycles. The average molecular weight is 630 g/mol. The smallest absolute Gasteiger partial charge is 0.161 e. The summed E-state index contributed by atoms with van der Waals surface area (Å²) in [5.74, 6) is 0.932. The minimum atomic E-state index is -0.453. The van der Waals surface area contributed by atoms with Gasteiger partial charge in [-0.15, -0.1) is 16.4 Å². The van der Waals surface area contributed by atoms with E-state index in [1.54, 1.807) is 0 Å². The van der Waals surface area contributed by atoms with Crippen molar-refractivity contribution in [2.24, 2.45) is 0 Å². The average Bonchev–Trinajstić information content (AvgIpc) is 3.89. The van der Waals surface area contributed by atoms with Crippen molar-refractivity contribution >= 4 is 59.0 Å². The van der Waals surface area contributed by atoms with E-state index in [-0.39, 0.29) is 0 Å². The van der Waals surface area contributed by atoms with Crippen molar-refractivity contribution in [1.82, 2.24) is 14.2 Å². The summed E-state index contributed by atoms with van der Waals surface area (Å²) in [5, 5.41) is 10.3. The second kappa shape index (κ2) is 9.54. The van der Waals surface area contributed by atoms with E-state index in [2.05, 4.69) is 173 Å². The molecule has 0 N–H and O–H groups in total. The molecule has 4 aromatic heterocycles. The van der Waals surface area contributed by atoms with Gasteiger partial charge < -0.3 is 0 Å². The Bertz CT molecular complexity index is 2850. The molecule has 48 heavy (non-hydrogen) atoms. The van der Waals surface area contributed by atoms with Crippen molar-refractivity contribution in [3.8, 4) is 16.9 Å². The standard InChI is InChI=1S/C44H27N3S/c1-3-14-29(15-4-1)44(30-16-5-2-6-17-30)36-20-10-8-18-32(36)34-27-39-35(26-37(34)44)42-33-19-9-12-22-40(33)48-43(42)46(39)41-25-31-24-23-28-13-7-11-21-38(28)47(31)45-41/h1-27H. The van der Waals surface area contributed by atoms with E-state index in [1.165, 1.54) is 70.0 Å². The van der Waals surface area contributed by atoms with Crippen LogP contribution in [0.1, 0.15) is 22.3 Å². The SMILES string of the molecule is c1ccc(C2(c3ccccc3)c3ccccc3-c3cc4c(cc32)c2c3ccccc3sc2n4-c2cc3ccc4ccccc4n3n2)cc1. The first kappa shape index (κ1) is 26.1. The lowest BCUT2D eigenvalue weighted by Gasteiger charge is -2.33. The number of para-hydroxylation sites is 1.